The third-order valence-electron chi connectivity index (χ3n) is 5.16. The van der Waals surface area contributed by atoms with Crippen molar-refractivity contribution in [3.05, 3.63) is 99.8 Å². The first-order valence-electron chi connectivity index (χ1n) is 9.57. The maximum absolute atomic E-state index is 13.0. The summed E-state index contributed by atoms with van der Waals surface area (Å²) < 4.78 is 6.03. The molecule has 2 heterocycles. The number of rotatable bonds is 5. The second-order valence-electron chi connectivity index (χ2n) is 7.07. The topological polar surface area (TPSA) is 79.7 Å². The van der Waals surface area contributed by atoms with Crippen LogP contribution >= 0.6 is 15.9 Å². The van der Waals surface area contributed by atoms with E-state index >= 15 is 0 Å². The van der Waals surface area contributed by atoms with Crippen LogP contribution in [0.1, 0.15) is 22.7 Å². The highest BCUT2D eigenvalue weighted by Gasteiger charge is 2.46. The average molecular weight is 479 g/mol. The minimum Gasteiger partial charge on any atom is -0.507 e. The molecule has 1 N–H and O–H groups in total. The molecule has 1 atom stereocenters. The Morgan fingerprint density at radius 2 is 1.81 bits per heavy atom. The molecule has 1 aliphatic heterocycles. The van der Waals surface area contributed by atoms with E-state index in [4.69, 9.17) is 4.74 Å². The number of carbonyl (C=O) groups excluding carboxylic acids is 2. The van der Waals surface area contributed by atoms with Crippen LogP contribution in [-0.4, -0.2) is 33.8 Å². The number of hydrogen-bond donors (Lipinski definition) is 1. The molecule has 31 heavy (non-hydrogen) atoms. The molecule has 6 nitrogen and oxygen atoms in total. The molecule has 1 aliphatic rings. The maximum atomic E-state index is 13.0. The molecule has 0 aliphatic carbocycles. The zero-order chi connectivity index (χ0) is 22.0. The van der Waals surface area contributed by atoms with Gasteiger partial charge in [0.15, 0.2) is 0 Å². The monoisotopic (exact) mass is 478 g/mol. The summed E-state index contributed by atoms with van der Waals surface area (Å²) in [5, 5.41) is 11.1. The molecule has 1 fully saturated rings. The first-order chi connectivity index (χ1) is 15.0. The number of ketones is 1. The predicted octanol–water partition coefficient (Wildman–Crippen LogP) is 4.47. The van der Waals surface area contributed by atoms with Gasteiger partial charge in [-0.05, 0) is 53.6 Å². The fourth-order valence-corrected chi connectivity index (χ4v) is 3.89. The molecular weight excluding hydrogens is 460 g/mol. The van der Waals surface area contributed by atoms with E-state index in [1.165, 1.54) is 4.90 Å². The van der Waals surface area contributed by atoms with Gasteiger partial charge in [-0.2, -0.15) is 0 Å². The lowest BCUT2D eigenvalue weighted by atomic mass is 9.95. The summed E-state index contributed by atoms with van der Waals surface area (Å²) in [6.45, 7) is 0.193. The van der Waals surface area contributed by atoms with Crippen LogP contribution < -0.4 is 4.74 Å². The van der Waals surface area contributed by atoms with Gasteiger partial charge >= 0.3 is 0 Å². The van der Waals surface area contributed by atoms with E-state index in [9.17, 15) is 14.7 Å². The van der Waals surface area contributed by atoms with Crippen molar-refractivity contribution in [1.29, 1.82) is 0 Å². The van der Waals surface area contributed by atoms with Crippen molar-refractivity contribution >= 4 is 33.4 Å². The number of aliphatic hydroxyl groups excluding tert-OH is 1. The van der Waals surface area contributed by atoms with Crippen LogP contribution in [0.25, 0.3) is 5.76 Å². The number of ether oxygens (including phenoxy) is 1. The number of aliphatic hydroxyl groups is 1. The Kier molecular flexibility index (Phi) is 5.86. The van der Waals surface area contributed by atoms with Crippen molar-refractivity contribution < 1.29 is 19.4 Å². The Balaban J connectivity index is 1.84. The van der Waals surface area contributed by atoms with Crippen LogP contribution in [0, 0.1) is 0 Å². The molecule has 1 aromatic heterocycles. The molecule has 7 heteroatoms. The quantitative estimate of drug-likeness (QED) is 0.332. The van der Waals surface area contributed by atoms with Crippen LogP contribution in [0.3, 0.4) is 0 Å². The normalized spacial score (nSPS) is 17.7. The van der Waals surface area contributed by atoms with Gasteiger partial charge in [0.1, 0.15) is 11.5 Å². The van der Waals surface area contributed by atoms with Gasteiger partial charge < -0.3 is 14.7 Å². The molecule has 0 spiro atoms. The first kappa shape index (κ1) is 20.8. The molecule has 2 aromatic carbocycles. The fourth-order valence-electron chi connectivity index (χ4n) is 3.63. The van der Waals surface area contributed by atoms with Crippen molar-refractivity contribution in [2.24, 2.45) is 0 Å². The third-order valence-corrected chi connectivity index (χ3v) is 5.69. The highest BCUT2D eigenvalue weighted by molar-refractivity contribution is 9.10. The van der Waals surface area contributed by atoms with E-state index < -0.39 is 17.7 Å². The number of pyridine rings is 1. The molecule has 1 amide bonds. The lowest BCUT2D eigenvalue weighted by molar-refractivity contribution is -0.140. The zero-order valence-corrected chi connectivity index (χ0v) is 18.2. The summed E-state index contributed by atoms with van der Waals surface area (Å²) in [6, 6.07) is 16.9. The van der Waals surface area contributed by atoms with Gasteiger partial charge in [-0.3, -0.25) is 14.6 Å². The number of likely N-dealkylation sites (tertiary alicyclic amines) is 1. The van der Waals surface area contributed by atoms with Crippen molar-refractivity contribution in [2.45, 2.75) is 12.6 Å². The summed E-state index contributed by atoms with van der Waals surface area (Å²) in [5.41, 5.74) is 2.00. The van der Waals surface area contributed by atoms with Gasteiger partial charge in [0.05, 0.1) is 18.7 Å². The number of halogens is 1. The average Bonchev–Trinajstić information content (AvgIpc) is 3.05. The Labute approximate surface area is 187 Å². The third kappa shape index (κ3) is 4.09. The molecule has 1 saturated heterocycles. The number of Topliss-reactive ketones (excluding diaryl/α,β-unsaturated/α-hetero) is 1. The molecule has 4 rings (SSSR count). The van der Waals surface area contributed by atoms with E-state index in [0.717, 1.165) is 15.6 Å². The summed E-state index contributed by atoms with van der Waals surface area (Å²) in [6.07, 6.45) is 3.30. The lowest BCUT2D eigenvalue weighted by Crippen LogP contribution is -2.29. The molecule has 0 saturated carbocycles. The molecule has 156 valence electrons. The standard InChI is InChI=1S/C24H19BrN2O4/c1-31-19-10-6-17(7-11-19)22(28)20-21(16-4-8-18(25)9-5-16)27(24(30)23(20)29)14-15-3-2-12-26-13-15/h2-13,21,28H,14H2,1H3/t21-/m0/s1. The van der Waals surface area contributed by atoms with E-state index in [1.54, 1.807) is 49.8 Å². The number of benzene rings is 2. The van der Waals surface area contributed by atoms with E-state index in [-0.39, 0.29) is 17.9 Å². The molecule has 0 unspecified atom stereocenters. The Morgan fingerprint density at radius 3 is 2.42 bits per heavy atom. The second kappa shape index (κ2) is 8.73. The highest BCUT2D eigenvalue weighted by Crippen LogP contribution is 2.40. The second-order valence-corrected chi connectivity index (χ2v) is 7.98. The molecule has 3 aromatic rings. The van der Waals surface area contributed by atoms with Gasteiger partial charge in [0.25, 0.3) is 11.7 Å². The van der Waals surface area contributed by atoms with E-state index in [0.29, 0.717) is 11.3 Å². The van der Waals surface area contributed by atoms with Crippen molar-refractivity contribution in [1.82, 2.24) is 9.88 Å². The van der Waals surface area contributed by atoms with Gasteiger partial charge in [0, 0.05) is 29.0 Å². The number of aromatic nitrogens is 1. The number of amides is 1. The van der Waals surface area contributed by atoms with Crippen molar-refractivity contribution in [2.75, 3.05) is 7.11 Å². The summed E-state index contributed by atoms with van der Waals surface area (Å²) in [4.78, 5) is 31.6. The van der Waals surface area contributed by atoms with Gasteiger partial charge in [-0.15, -0.1) is 0 Å². The Bertz CT molecular complexity index is 1140. The SMILES string of the molecule is COc1ccc(C(O)=C2C(=O)C(=O)N(Cc3cccnc3)[C@H]2c2ccc(Br)cc2)cc1. The lowest BCUT2D eigenvalue weighted by Gasteiger charge is -2.25. The zero-order valence-electron chi connectivity index (χ0n) is 16.7. The number of carbonyl (C=O) groups is 2. The molecule has 0 bridgehead atoms. The Hall–Kier alpha value is -3.45. The van der Waals surface area contributed by atoms with E-state index in [2.05, 4.69) is 20.9 Å². The predicted molar refractivity (Wildman–Crippen MR) is 119 cm³/mol. The van der Waals surface area contributed by atoms with Crippen LogP contribution in [0.15, 0.2) is 83.1 Å². The first-order valence-corrected chi connectivity index (χ1v) is 10.4. The van der Waals surface area contributed by atoms with Crippen LogP contribution in [0.4, 0.5) is 0 Å². The minimum absolute atomic E-state index is 0.0568. The van der Waals surface area contributed by atoms with Crippen LogP contribution in [0.5, 0.6) is 5.75 Å². The van der Waals surface area contributed by atoms with Crippen LogP contribution in [0.2, 0.25) is 0 Å². The molecule has 0 radical (unpaired) electrons. The van der Waals surface area contributed by atoms with Gasteiger partial charge in [-0.25, -0.2) is 0 Å². The minimum atomic E-state index is -0.726. The molecular formula is C24H19BrN2O4. The van der Waals surface area contributed by atoms with Crippen LogP contribution in [-0.2, 0) is 16.1 Å². The fraction of sp³-hybridized carbons (Fsp3) is 0.125. The highest BCUT2D eigenvalue weighted by atomic mass is 79.9. The number of methoxy groups -OCH3 is 1. The smallest absolute Gasteiger partial charge is 0.295 e. The van der Waals surface area contributed by atoms with E-state index in [1.807, 2.05) is 30.3 Å². The Morgan fingerprint density at radius 1 is 1.10 bits per heavy atom. The van der Waals surface area contributed by atoms with Gasteiger partial charge in [-0.1, -0.05) is 34.1 Å². The van der Waals surface area contributed by atoms with Gasteiger partial charge in [0.2, 0.25) is 0 Å². The summed E-state index contributed by atoms with van der Waals surface area (Å²) >= 11 is 3.41. The summed E-state index contributed by atoms with van der Waals surface area (Å²) in [7, 11) is 1.55. The van der Waals surface area contributed by atoms with Crippen molar-refractivity contribution in [3.63, 3.8) is 0 Å². The maximum Gasteiger partial charge on any atom is 0.295 e. The largest absolute Gasteiger partial charge is 0.507 e. The number of hydrogen-bond acceptors (Lipinski definition) is 5. The number of nitrogens with zero attached hydrogens (tertiary/aromatic N) is 2. The summed E-state index contributed by atoms with van der Waals surface area (Å²) in [5.74, 6) is -0.974. The van der Waals surface area contributed by atoms with Crippen molar-refractivity contribution in [3.8, 4) is 5.75 Å².